The summed E-state index contributed by atoms with van der Waals surface area (Å²) in [7, 11) is 3.04. The van der Waals surface area contributed by atoms with Gasteiger partial charge in [0, 0.05) is 36.8 Å². The van der Waals surface area contributed by atoms with Crippen molar-refractivity contribution in [2.45, 2.75) is 64.6 Å². The summed E-state index contributed by atoms with van der Waals surface area (Å²) in [4.78, 5) is 32.8. The Hall–Kier alpha value is -2.61. The SMILES string of the molecule is CC(C)N(c1nc2c(c(=O)n(C)c(=O)n2C)n1Cc1c(F)cccc1Cl)C1CCCCC1. The van der Waals surface area contributed by atoms with Crippen molar-refractivity contribution in [3.8, 4) is 0 Å². The molecule has 0 saturated heterocycles. The van der Waals surface area contributed by atoms with Crippen molar-refractivity contribution < 1.29 is 4.39 Å². The molecular weight excluding hydrogens is 433 g/mol. The van der Waals surface area contributed by atoms with Crippen LogP contribution in [0.1, 0.15) is 51.5 Å². The van der Waals surface area contributed by atoms with E-state index < -0.39 is 17.1 Å². The summed E-state index contributed by atoms with van der Waals surface area (Å²) >= 11 is 6.34. The van der Waals surface area contributed by atoms with Crippen LogP contribution in [0.25, 0.3) is 11.2 Å². The van der Waals surface area contributed by atoms with E-state index in [1.807, 2.05) is 0 Å². The molecule has 0 bridgehead atoms. The van der Waals surface area contributed by atoms with Gasteiger partial charge in [-0.2, -0.15) is 4.98 Å². The van der Waals surface area contributed by atoms with Gasteiger partial charge in [0.1, 0.15) is 5.82 Å². The normalized spacial score (nSPS) is 15.1. The Morgan fingerprint density at radius 2 is 1.84 bits per heavy atom. The number of hydrogen-bond donors (Lipinski definition) is 0. The molecule has 1 aliphatic carbocycles. The van der Waals surface area contributed by atoms with Crippen LogP contribution in [0.3, 0.4) is 0 Å². The summed E-state index contributed by atoms with van der Waals surface area (Å²) in [5.41, 5.74) is -0.0524. The van der Waals surface area contributed by atoms with Gasteiger partial charge in [-0.05, 0) is 38.8 Å². The highest BCUT2D eigenvalue weighted by molar-refractivity contribution is 6.31. The van der Waals surface area contributed by atoms with Crippen molar-refractivity contribution in [3.05, 3.63) is 55.4 Å². The van der Waals surface area contributed by atoms with E-state index >= 15 is 0 Å². The summed E-state index contributed by atoms with van der Waals surface area (Å²) in [6, 6.07) is 4.91. The Morgan fingerprint density at radius 3 is 2.47 bits per heavy atom. The lowest BCUT2D eigenvalue weighted by Gasteiger charge is -2.38. The van der Waals surface area contributed by atoms with Crippen molar-refractivity contribution in [2.75, 3.05) is 4.90 Å². The summed E-state index contributed by atoms with van der Waals surface area (Å²) in [5.74, 6) is 0.125. The molecule has 4 rings (SSSR count). The second-order valence-corrected chi connectivity index (χ2v) is 9.28. The lowest BCUT2D eigenvalue weighted by atomic mass is 9.93. The molecule has 172 valence electrons. The van der Waals surface area contributed by atoms with Gasteiger partial charge in [0.15, 0.2) is 11.2 Å². The van der Waals surface area contributed by atoms with E-state index in [9.17, 15) is 14.0 Å². The third-order valence-electron chi connectivity index (χ3n) is 6.46. The zero-order valence-electron chi connectivity index (χ0n) is 18.9. The van der Waals surface area contributed by atoms with Crippen LogP contribution >= 0.6 is 11.6 Å². The third kappa shape index (κ3) is 3.74. The van der Waals surface area contributed by atoms with Gasteiger partial charge in [-0.25, -0.2) is 9.18 Å². The lowest BCUT2D eigenvalue weighted by molar-refractivity contribution is 0.391. The Labute approximate surface area is 191 Å². The zero-order valence-corrected chi connectivity index (χ0v) is 19.7. The molecule has 9 heteroatoms. The fourth-order valence-corrected chi connectivity index (χ4v) is 5.02. The number of aromatic nitrogens is 4. The molecule has 0 atom stereocenters. The number of imidazole rings is 1. The van der Waals surface area contributed by atoms with E-state index in [1.165, 1.54) is 24.1 Å². The molecule has 7 nitrogen and oxygen atoms in total. The quantitative estimate of drug-likeness (QED) is 0.579. The minimum atomic E-state index is -0.457. The van der Waals surface area contributed by atoms with Crippen molar-refractivity contribution >= 4 is 28.7 Å². The number of hydrogen-bond acceptors (Lipinski definition) is 4. The topological polar surface area (TPSA) is 65.1 Å². The van der Waals surface area contributed by atoms with Crippen molar-refractivity contribution in [2.24, 2.45) is 14.1 Å². The van der Waals surface area contributed by atoms with E-state index in [2.05, 4.69) is 18.7 Å². The Balaban J connectivity index is 2.02. The molecule has 3 aromatic rings. The fourth-order valence-electron chi connectivity index (χ4n) is 4.80. The molecule has 2 heterocycles. The highest BCUT2D eigenvalue weighted by Gasteiger charge is 2.30. The molecule has 1 aliphatic rings. The maximum Gasteiger partial charge on any atom is 0.332 e. The fraction of sp³-hybridized carbons (Fsp3) is 0.522. The molecular formula is C23H29ClFN5O2. The maximum absolute atomic E-state index is 14.7. The predicted molar refractivity (Wildman–Crippen MR) is 125 cm³/mol. The number of anilines is 1. The Bertz CT molecular complexity index is 1250. The molecule has 2 aromatic heterocycles. The molecule has 1 aromatic carbocycles. The first-order chi connectivity index (χ1) is 15.2. The summed E-state index contributed by atoms with van der Waals surface area (Å²) < 4.78 is 18.9. The number of halogens is 2. The number of aryl methyl sites for hydroxylation is 1. The number of fused-ring (bicyclic) bond motifs is 1. The molecule has 0 N–H and O–H groups in total. The summed E-state index contributed by atoms with van der Waals surface area (Å²) in [6.45, 7) is 4.22. The van der Waals surface area contributed by atoms with Gasteiger partial charge in [0.05, 0.1) is 6.54 Å². The van der Waals surface area contributed by atoms with Crippen LogP contribution in [0.2, 0.25) is 5.02 Å². The van der Waals surface area contributed by atoms with E-state index in [4.69, 9.17) is 16.6 Å². The highest BCUT2D eigenvalue weighted by Crippen LogP contribution is 2.32. The molecule has 0 aliphatic heterocycles. The smallest absolute Gasteiger partial charge is 0.332 e. The van der Waals surface area contributed by atoms with Gasteiger partial charge < -0.3 is 4.90 Å². The number of benzene rings is 1. The summed E-state index contributed by atoms with van der Waals surface area (Å²) in [6.07, 6.45) is 5.53. The average molecular weight is 462 g/mol. The average Bonchev–Trinajstić information content (AvgIpc) is 3.13. The number of nitrogens with zero attached hydrogens (tertiary/aromatic N) is 5. The molecule has 1 fully saturated rings. The number of rotatable bonds is 5. The third-order valence-corrected chi connectivity index (χ3v) is 6.82. The first kappa shape index (κ1) is 22.6. The first-order valence-electron chi connectivity index (χ1n) is 11.1. The van der Waals surface area contributed by atoms with Gasteiger partial charge in [-0.1, -0.05) is 36.9 Å². The van der Waals surface area contributed by atoms with Crippen molar-refractivity contribution in [1.29, 1.82) is 0 Å². The minimum Gasteiger partial charge on any atom is -0.337 e. The van der Waals surface area contributed by atoms with Gasteiger partial charge >= 0.3 is 5.69 Å². The maximum atomic E-state index is 14.7. The molecule has 0 unspecified atom stereocenters. The standard InChI is InChI=1S/C23H29ClFN5O2/c1-14(2)30(15-9-6-5-7-10-15)22-26-20-19(21(31)28(4)23(32)27(20)3)29(22)13-16-17(24)11-8-12-18(16)25/h8,11-12,14-15H,5-7,9-10,13H2,1-4H3. The van der Waals surface area contributed by atoms with Gasteiger partial charge in [0.25, 0.3) is 5.56 Å². The van der Waals surface area contributed by atoms with Crippen LogP contribution in [-0.2, 0) is 20.6 Å². The van der Waals surface area contributed by atoms with E-state index in [1.54, 1.807) is 23.7 Å². The van der Waals surface area contributed by atoms with Crippen LogP contribution in [-0.4, -0.2) is 30.8 Å². The largest absolute Gasteiger partial charge is 0.337 e. The molecule has 1 saturated carbocycles. The van der Waals surface area contributed by atoms with Crippen molar-refractivity contribution in [3.63, 3.8) is 0 Å². The van der Waals surface area contributed by atoms with Crippen molar-refractivity contribution in [1.82, 2.24) is 18.7 Å². The van der Waals surface area contributed by atoms with Gasteiger partial charge in [-0.15, -0.1) is 0 Å². The Kier molecular flexibility index (Phi) is 6.16. The molecule has 0 radical (unpaired) electrons. The van der Waals surface area contributed by atoms with E-state index in [-0.39, 0.29) is 34.7 Å². The lowest BCUT2D eigenvalue weighted by Crippen LogP contribution is -2.43. The van der Waals surface area contributed by atoms with Crippen LogP contribution in [0, 0.1) is 5.82 Å². The Morgan fingerprint density at radius 1 is 1.16 bits per heavy atom. The molecule has 32 heavy (non-hydrogen) atoms. The second-order valence-electron chi connectivity index (χ2n) is 8.87. The first-order valence-corrected chi connectivity index (χ1v) is 11.5. The van der Waals surface area contributed by atoms with E-state index in [0.29, 0.717) is 11.6 Å². The van der Waals surface area contributed by atoms with Crippen LogP contribution in [0.15, 0.2) is 27.8 Å². The van der Waals surface area contributed by atoms with Crippen LogP contribution in [0.5, 0.6) is 0 Å². The molecule has 0 spiro atoms. The summed E-state index contributed by atoms with van der Waals surface area (Å²) in [5, 5.41) is 0.285. The highest BCUT2D eigenvalue weighted by atomic mass is 35.5. The van der Waals surface area contributed by atoms with Gasteiger partial charge in [-0.3, -0.25) is 18.5 Å². The predicted octanol–water partition coefficient (Wildman–Crippen LogP) is 3.82. The monoisotopic (exact) mass is 461 g/mol. The molecule has 0 amide bonds. The minimum absolute atomic E-state index is 0.0424. The van der Waals surface area contributed by atoms with Crippen LogP contribution < -0.4 is 16.1 Å². The van der Waals surface area contributed by atoms with E-state index in [0.717, 1.165) is 30.3 Å². The van der Waals surface area contributed by atoms with Crippen LogP contribution in [0.4, 0.5) is 10.3 Å². The zero-order chi connectivity index (χ0) is 23.2. The second kappa shape index (κ2) is 8.73. The van der Waals surface area contributed by atoms with Gasteiger partial charge in [0.2, 0.25) is 5.95 Å².